The molecular weight excluding hydrogens is 294 g/mol. The molecule has 0 amide bonds. The lowest BCUT2D eigenvalue weighted by Gasteiger charge is -2.18. The minimum Gasteiger partial charge on any atom is -0.310 e. The number of tetrazole rings is 1. The molecule has 0 fully saturated rings. The van der Waals surface area contributed by atoms with Crippen LogP contribution in [0.15, 0.2) is 47.4 Å². The maximum atomic E-state index is 3.89. The zero-order valence-electron chi connectivity index (χ0n) is 12.7. The molecular formula is C16H19N5S. The van der Waals surface area contributed by atoms with Gasteiger partial charge in [-0.25, -0.2) is 4.68 Å². The molecule has 1 N–H and O–H groups in total. The van der Waals surface area contributed by atoms with E-state index in [4.69, 9.17) is 0 Å². The lowest BCUT2D eigenvalue weighted by atomic mass is 10.0. The Hall–Kier alpha value is -2.05. The molecule has 6 heteroatoms. The van der Waals surface area contributed by atoms with Crippen molar-refractivity contribution in [2.24, 2.45) is 0 Å². The minimum absolute atomic E-state index is 0.309. The van der Waals surface area contributed by atoms with Crippen molar-refractivity contribution in [3.8, 4) is 5.69 Å². The third-order valence-corrected chi connectivity index (χ3v) is 4.55. The monoisotopic (exact) mass is 313 g/mol. The van der Waals surface area contributed by atoms with E-state index in [2.05, 4.69) is 63.6 Å². The van der Waals surface area contributed by atoms with E-state index in [1.165, 1.54) is 11.1 Å². The Bertz CT molecular complexity index is 676. The number of thiophene rings is 1. The van der Waals surface area contributed by atoms with E-state index in [-0.39, 0.29) is 0 Å². The summed E-state index contributed by atoms with van der Waals surface area (Å²) in [7, 11) is 0. The van der Waals surface area contributed by atoms with Gasteiger partial charge in [-0.05, 0) is 63.4 Å². The molecule has 0 bridgehead atoms. The predicted molar refractivity (Wildman–Crippen MR) is 88.3 cm³/mol. The van der Waals surface area contributed by atoms with Crippen molar-refractivity contribution < 1.29 is 0 Å². The summed E-state index contributed by atoms with van der Waals surface area (Å²) >= 11 is 1.75. The van der Waals surface area contributed by atoms with Gasteiger partial charge >= 0.3 is 0 Å². The van der Waals surface area contributed by atoms with Crippen molar-refractivity contribution >= 4 is 11.3 Å². The smallest absolute Gasteiger partial charge is 0.143 e. The Morgan fingerprint density at radius 3 is 2.59 bits per heavy atom. The van der Waals surface area contributed by atoms with Crippen LogP contribution in [-0.2, 0) is 0 Å². The molecule has 0 saturated heterocycles. The summed E-state index contributed by atoms with van der Waals surface area (Å²) in [6.45, 7) is 5.40. The van der Waals surface area contributed by atoms with Crippen LogP contribution in [0.1, 0.15) is 36.9 Å². The van der Waals surface area contributed by atoms with Gasteiger partial charge in [-0.2, -0.15) is 11.3 Å². The zero-order valence-corrected chi connectivity index (χ0v) is 13.5. The van der Waals surface area contributed by atoms with Gasteiger partial charge in [0.05, 0.1) is 5.69 Å². The number of hydrogen-bond donors (Lipinski definition) is 1. The molecule has 0 radical (unpaired) electrons. The molecule has 3 rings (SSSR count). The van der Waals surface area contributed by atoms with Crippen molar-refractivity contribution in [2.45, 2.75) is 25.8 Å². The first-order chi connectivity index (χ1) is 10.7. The molecule has 114 valence electrons. The highest BCUT2D eigenvalue weighted by Gasteiger charge is 2.10. The van der Waals surface area contributed by atoms with Crippen molar-refractivity contribution in [3.05, 3.63) is 58.5 Å². The Kier molecular flexibility index (Phi) is 4.60. The van der Waals surface area contributed by atoms with Crippen LogP contribution in [-0.4, -0.2) is 26.8 Å². The third-order valence-electron chi connectivity index (χ3n) is 3.85. The van der Waals surface area contributed by atoms with E-state index in [1.807, 2.05) is 12.1 Å². The normalized spacial score (nSPS) is 13.9. The van der Waals surface area contributed by atoms with Gasteiger partial charge in [-0.3, -0.25) is 0 Å². The van der Waals surface area contributed by atoms with Gasteiger partial charge in [-0.15, -0.1) is 5.10 Å². The lowest BCUT2D eigenvalue weighted by Crippen LogP contribution is -2.23. The maximum absolute atomic E-state index is 3.89. The van der Waals surface area contributed by atoms with Gasteiger partial charge in [0, 0.05) is 12.6 Å². The molecule has 1 aromatic carbocycles. The molecule has 0 saturated carbocycles. The topological polar surface area (TPSA) is 55.6 Å². The molecule has 0 unspecified atom stereocenters. The number of benzene rings is 1. The first-order valence-corrected chi connectivity index (χ1v) is 8.27. The number of nitrogens with one attached hydrogen (secondary N) is 1. The Labute approximate surface area is 134 Å². The maximum Gasteiger partial charge on any atom is 0.143 e. The second-order valence-electron chi connectivity index (χ2n) is 5.43. The zero-order chi connectivity index (χ0) is 15.4. The van der Waals surface area contributed by atoms with Crippen LogP contribution in [0.4, 0.5) is 0 Å². The lowest BCUT2D eigenvalue weighted by molar-refractivity contribution is 0.537. The highest BCUT2D eigenvalue weighted by atomic mass is 32.1. The van der Waals surface area contributed by atoms with E-state index in [9.17, 15) is 0 Å². The summed E-state index contributed by atoms with van der Waals surface area (Å²) in [5, 5.41) is 19.1. The SMILES string of the molecule is C[C@H](CN[C@@H](C)c1ccc(-n2cnnn2)cc1)c1ccsc1. The van der Waals surface area contributed by atoms with Gasteiger partial charge in [0.15, 0.2) is 0 Å². The first kappa shape index (κ1) is 14.9. The Morgan fingerprint density at radius 1 is 1.14 bits per heavy atom. The second kappa shape index (κ2) is 6.81. The van der Waals surface area contributed by atoms with Crippen LogP contribution in [0.2, 0.25) is 0 Å². The van der Waals surface area contributed by atoms with Crippen molar-refractivity contribution in [1.82, 2.24) is 25.5 Å². The molecule has 0 aliphatic carbocycles. The van der Waals surface area contributed by atoms with Crippen molar-refractivity contribution in [2.75, 3.05) is 6.54 Å². The highest BCUT2D eigenvalue weighted by molar-refractivity contribution is 7.07. The molecule has 22 heavy (non-hydrogen) atoms. The third kappa shape index (κ3) is 3.40. The van der Waals surface area contributed by atoms with E-state index in [0.29, 0.717) is 12.0 Å². The Balaban J connectivity index is 1.59. The van der Waals surface area contributed by atoms with Gasteiger partial charge in [-0.1, -0.05) is 19.1 Å². The fourth-order valence-corrected chi connectivity index (χ4v) is 3.12. The standard InChI is InChI=1S/C16H19N5S/c1-12(15-7-8-22-10-15)9-17-13(2)14-3-5-16(6-4-14)21-11-18-19-20-21/h3-8,10-13,17H,9H2,1-2H3/t12-,13+/m1/s1. The molecule has 0 aliphatic heterocycles. The molecule has 2 aromatic heterocycles. The quantitative estimate of drug-likeness (QED) is 0.759. The van der Waals surface area contributed by atoms with Gasteiger partial charge < -0.3 is 5.32 Å². The van der Waals surface area contributed by atoms with E-state index >= 15 is 0 Å². The summed E-state index contributed by atoms with van der Waals surface area (Å²) in [5.41, 5.74) is 3.63. The summed E-state index contributed by atoms with van der Waals surface area (Å²) in [4.78, 5) is 0. The van der Waals surface area contributed by atoms with E-state index in [0.717, 1.165) is 12.2 Å². The van der Waals surface area contributed by atoms with Crippen LogP contribution < -0.4 is 5.32 Å². The molecule has 3 aromatic rings. The largest absolute Gasteiger partial charge is 0.310 e. The molecule has 5 nitrogen and oxygen atoms in total. The van der Waals surface area contributed by atoms with Crippen molar-refractivity contribution in [1.29, 1.82) is 0 Å². The Morgan fingerprint density at radius 2 is 1.95 bits per heavy atom. The highest BCUT2D eigenvalue weighted by Crippen LogP contribution is 2.20. The van der Waals surface area contributed by atoms with Gasteiger partial charge in [0.25, 0.3) is 0 Å². The summed E-state index contributed by atoms with van der Waals surface area (Å²) < 4.78 is 1.65. The molecule has 0 spiro atoms. The minimum atomic E-state index is 0.309. The first-order valence-electron chi connectivity index (χ1n) is 7.33. The number of rotatable bonds is 6. The van der Waals surface area contributed by atoms with Gasteiger partial charge in [0.2, 0.25) is 0 Å². The summed E-state index contributed by atoms with van der Waals surface area (Å²) in [5.74, 6) is 0.522. The summed E-state index contributed by atoms with van der Waals surface area (Å²) in [6.07, 6.45) is 1.60. The molecule has 2 atom stereocenters. The van der Waals surface area contributed by atoms with Crippen LogP contribution in [0, 0.1) is 0 Å². The molecule has 2 heterocycles. The summed E-state index contributed by atoms with van der Waals surface area (Å²) in [6, 6.07) is 10.8. The number of aromatic nitrogens is 4. The van der Waals surface area contributed by atoms with E-state index in [1.54, 1.807) is 22.3 Å². The predicted octanol–water partition coefficient (Wildman–Crippen LogP) is 3.18. The fraction of sp³-hybridized carbons (Fsp3) is 0.312. The van der Waals surface area contributed by atoms with E-state index < -0.39 is 0 Å². The number of hydrogen-bond acceptors (Lipinski definition) is 5. The van der Waals surface area contributed by atoms with Crippen LogP contribution >= 0.6 is 11.3 Å². The van der Waals surface area contributed by atoms with Gasteiger partial charge in [0.1, 0.15) is 6.33 Å². The fourth-order valence-electron chi connectivity index (χ4n) is 2.34. The van der Waals surface area contributed by atoms with Crippen LogP contribution in [0.3, 0.4) is 0 Å². The number of nitrogens with zero attached hydrogens (tertiary/aromatic N) is 4. The average Bonchev–Trinajstić information content (AvgIpc) is 3.25. The van der Waals surface area contributed by atoms with Crippen LogP contribution in [0.25, 0.3) is 5.69 Å². The molecule has 0 aliphatic rings. The average molecular weight is 313 g/mol. The van der Waals surface area contributed by atoms with Crippen molar-refractivity contribution in [3.63, 3.8) is 0 Å². The van der Waals surface area contributed by atoms with Crippen LogP contribution in [0.5, 0.6) is 0 Å². The second-order valence-corrected chi connectivity index (χ2v) is 6.21.